The van der Waals surface area contributed by atoms with E-state index in [1.54, 1.807) is 4.68 Å². The molecule has 6 rings (SSSR count). The molecule has 0 saturated carbocycles. The van der Waals surface area contributed by atoms with Gasteiger partial charge in [-0.1, -0.05) is 102 Å². The third-order valence-electron chi connectivity index (χ3n) is 6.73. The first-order valence-corrected chi connectivity index (χ1v) is 14.8. The van der Waals surface area contributed by atoms with E-state index >= 15 is 0 Å². The topological polar surface area (TPSA) is 78.3 Å². The maximum absolute atomic E-state index is 13.7. The molecular formula is C33H27ClN4O3S. The Morgan fingerprint density at radius 3 is 2.43 bits per heavy atom. The van der Waals surface area contributed by atoms with Gasteiger partial charge in [-0.2, -0.15) is 4.98 Å². The third-order valence-corrected chi connectivity index (χ3v) is 7.99. The van der Waals surface area contributed by atoms with Gasteiger partial charge in [-0.15, -0.1) is 5.10 Å². The minimum atomic E-state index is -0.592. The molecule has 0 fully saturated rings. The predicted octanol–water partition coefficient (Wildman–Crippen LogP) is 8.05. The number of anilines is 1. The summed E-state index contributed by atoms with van der Waals surface area (Å²) in [6.07, 6.45) is 0. The van der Waals surface area contributed by atoms with Gasteiger partial charge in [0.2, 0.25) is 11.1 Å². The van der Waals surface area contributed by atoms with Crippen LogP contribution in [0.2, 0.25) is 5.02 Å². The number of halogens is 1. The molecule has 1 aliphatic rings. The van der Waals surface area contributed by atoms with Gasteiger partial charge >= 0.3 is 5.97 Å². The number of fused-ring (bicyclic) bond motifs is 1. The van der Waals surface area contributed by atoms with Crippen molar-refractivity contribution in [1.29, 1.82) is 0 Å². The van der Waals surface area contributed by atoms with Crippen LogP contribution in [0.25, 0.3) is 0 Å². The predicted molar refractivity (Wildman–Crippen MR) is 165 cm³/mol. The highest BCUT2D eigenvalue weighted by atomic mass is 35.5. The van der Waals surface area contributed by atoms with Gasteiger partial charge in [-0.25, -0.2) is 9.48 Å². The van der Waals surface area contributed by atoms with Gasteiger partial charge in [-0.05, 0) is 53.9 Å². The van der Waals surface area contributed by atoms with Crippen molar-refractivity contribution < 1.29 is 14.3 Å². The number of ether oxygens (including phenoxy) is 2. The summed E-state index contributed by atoms with van der Waals surface area (Å²) in [6.45, 7) is 2.01. The largest absolute Gasteiger partial charge is 0.457 e. The Labute approximate surface area is 253 Å². The zero-order valence-electron chi connectivity index (χ0n) is 22.7. The molecule has 0 spiro atoms. The Morgan fingerprint density at radius 1 is 0.929 bits per heavy atom. The maximum atomic E-state index is 13.7. The molecule has 1 N–H and O–H groups in total. The SMILES string of the molecule is CC1=C(C(=O)OCc2ccccc2)C(c2cccc(Oc3ccccc3)c2)n2nc(SCc3ccccc3Cl)nc2N1. The first-order valence-electron chi connectivity index (χ1n) is 13.4. The van der Waals surface area contributed by atoms with Crippen molar-refractivity contribution in [2.75, 3.05) is 5.32 Å². The number of esters is 1. The molecule has 7 nitrogen and oxygen atoms in total. The number of carbonyl (C=O) groups is 1. The highest BCUT2D eigenvalue weighted by Crippen LogP contribution is 2.39. The van der Waals surface area contributed by atoms with Crippen LogP contribution in [0.5, 0.6) is 11.5 Å². The van der Waals surface area contributed by atoms with Gasteiger partial charge in [0, 0.05) is 16.5 Å². The van der Waals surface area contributed by atoms with Crippen LogP contribution in [0.15, 0.2) is 126 Å². The Hall–Kier alpha value is -4.53. The fourth-order valence-electron chi connectivity index (χ4n) is 4.70. The number of thioether (sulfide) groups is 1. The summed E-state index contributed by atoms with van der Waals surface area (Å²) < 4.78 is 13.7. The van der Waals surface area contributed by atoms with E-state index < -0.39 is 12.0 Å². The Morgan fingerprint density at radius 2 is 1.64 bits per heavy atom. The van der Waals surface area contributed by atoms with Crippen LogP contribution in [0.4, 0.5) is 5.95 Å². The zero-order chi connectivity index (χ0) is 28.9. The first kappa shape index (κ1) is 27.6. The second kappa shape index (κ2) is 12.5. The molecule has 1 aromatic heterocycles. The summed E-state index contributed by atoms with van der Waals surface area (Å²) in [5.74, 6) is 2.06. The third kappa shape index (κ3) is 6.20. The summed E-state index contributed by atoms with van der Waals surface area (Å²) in [5.41, 5.74) is 3.80. The number of hydrogen-bond donors (Lipinski definition) is 1. The van der Waals surface area contributed by atoms with Crippen molar-refractivity contribution in [3.63, 3.8) is 0 Å². The van der Waals surface area contributed by atoms with Crippen LogP contribution in [-0.2, 0) is 21.9 Å². The number of carbonyl (C=O) groups excluding carboxylic acids is 1. The number of benzene rings is 4. The number of allylic oxidation sites excluding steroid dienone is 1. The van der Waals surface area contributed by atoms with Crippen LogP contribution in [-0.4, -0.2) is 20.7 Å². The Bertz CT molecular complexity index is 1740. The molecular weight excluding hydrogens is 568 g/mol. The molecule has 1 aliphatic heterocycles. The average Bonchev–Trinajstić information content (AvgIpc) is 3.42. The number of para-hydroxylation sites is 1. The van der Waals surface area contributed by atoms with E-state index in [0.29, 0.717) is 44.6 Å². The van der Waals surface area contributed by atoms with Crippen LogP contribution in [0.1, 0.15) is 29.7 Å². The smallest absolute Gasteiger partial charge is 0.338 e. The number of rotatable bonds is 9. The second-order valence-corrected chi connectivity index (χ2v) is 11.0. The molecule has 5 aromatic rings. The number of hydrogen-bond acceptors (Lipinski definition) is 7. The molecule has 1 unspecified atom stereocenters. The molecule has 9 heteroatoms. The maximum Gasteiger partial charge on any atom is 0.338 e. The fourth-order valence-corrected chi connectivity index (χ4v) is 5.81. The lowest BCUT2D eigenvalue weighted by atomic mass is 9.95. The minimum Gasteiger partial charge on any atom is -0.457 e. The lowest BCUT2D eigenvalue weighted by Gasteiger charge is -2.28. The lowest BCUT2D eigenvalue weighted by Crippen LogP contribution is -2.29. The highest BCUT2D eigenvalue weighted by Gasteiger charge is 2.35. The van der Waals surface area contributed by atoms with Crippen molar-refractivity contribution in [2.45, 2.75) is 30.5 Å². The molecule has 210 valence electrons. The Balaban J connectivity index is 1.33. The summed E-state index contributed by atoms with van der Waals surface area (Å²) >= 11 is 7.85. The molecule has 1 atom stereocenters. The molecule has 0 bridgehead atoms. The van der Waals surface area contributed by atoms with E-state index in [0.717, 1.165) is 16.7 Å². The zero-order valence-corrected chi connectivity index (χ0v) is 24.3. The second-order valence-electron chi connectivity index (χ2n) is 9.66. The molecule has 0 amide bonds. The van der Waals surface area contributed by atoms with Crippen molar-refractivity contribution in [2.24, 2.45) is 0 Å². The van der Waals surface area contributed by atoms with Gasteiger partial charge in [0.25, 0.3) is 0 Å². The first-order chi connectivity index (χ1) is 20.5. The van der Waals surface area contributed by atoms with Crippen molar-refractivity contribution >= 4 is 35.3 Å². The summed E-state index contributed by atoms with van der Waals surface area (Å²) in [6, 6.07) is 34.0. The Kier molecular flexibility index (Phi) is 8.26. The van der Waals surface area contributed by atoms with Crippen molar-refractivity contribution in [3.05, 3.63) is 142 Å². The van der Waals surface area contributed by atoms with Gasteiger partial charge in [-0.3, -0.25) is 0 Å². The van der Waals surface area contributed by atoms with Crippen LogP contribution >= 0.6 is 23.4 Å². The molecule has 0 aliphatic carbocycles. The summed E-state index contributed by atoms with van der Waals surface area (Å²) in [7, 11) is 0. The number of nitrogens with one attached hydrogen (secondary N) is 1. The lowest BCUT2D eigenvalue weighted by molar-refractivity contribution is -0.140. The standard InChI is InChI=1S/C33H27ClN4O3S/c1-22-29(31(39)40-20-23-11-4-2-5-12-23)30(24-14-10-17-27(19-24)41-26-15-6-3-7-16-26)38-32(35-22)36-33(37-38)42-21-25-13-8-9-18-28(25)34/h2-19,30H,20-21H2,1H3,(H,35,36,37). The van der Waals surface area contributed by atoms with E-state index in [2.05, 4.69) is 5.32 Å². The van der Waals surface area contributed by atoms with Crippen molar-refractivity contribution in [1.82, 2.24) is 14.8 Å². The van der Waals surface area contributed by atoms with E-state index in [4.69, 9.17) is 31.2 Å². The summed E-state index contributed by atoms with van der Waals surface area (Å²) in [4.78, 5) is 18.4. The quantitative estimate of drug-likeness (QED) is 0.137. The van der Waals surface area contributed by atoms with E-state index in [9.17, 15) is 4.79 Å². The van der Waals surface area contributed by atoms with Crippen LogP contribution < -0.4 is 10.1 Å². The molecule has 42 heavy (non-hydrogen) atoms. The van der Waals surface area contributed by atoms with Gasteiger partial charge < -0.3 is 14.8 Å². The highest BCUT2D eigenvalue weighted by molar-refractivity contribution is 7.98. The van der Waals surface area contributed by atoms with Crippen LogP contribution in [0, 0.1) is 0 Å². The fraction of sp³-hybridized carbons (Fsp3) is 0.121. The van der Waals surface area contributed by atoms with Gasteiger partial charge in [0.15, 0.2) is 0 Å². The van der Waals surface area contributed by atoms with Crippen molar-refractivity contribution in [3.8, 4) is 11.5 Å². The normalized spacial score (nSPS) is 14.2. The van der Waals surface area contributed by atoms with E-state index in [1.807, 2.05) is 116 Å². The molecule has 4 aromatic carbocycles. The van der Waals surface area contributed by atoms with E-state index in [1.165, 1.54) is 11.8 Å². The minimum absolute atomic E-state index is 0.156. The monoisotopic (exact) mass is 594 g/mol. The molecule has 2 heterocycles. The molecule has 0 saturated heterocycles. The number of aromatic nitrogens is 3. The van der Waals surface area contributed by atoms with Gasteiger partial charge in [0.1, 0.15) is 24.1 Å². The summed E-state index contributed by atoms with van der Waals surface area (Å²) in [5, 5.41) is 9.36. The van der Waals surface area contributed by atoms with Gasteiger partial charge in [0.05, 0.1) is 5.57 Å². The van der Waals surface area contributed by atoms with Crippen LogP contribution in [0.3, 0.4) is 0 Å². The number of nitrogens with zero attached hydrogens (tertiary/aromatic N) is 3. The average molecular weight is 595 g/mol. The van der Waals surface area contributed by atoms with E-state index in [-0.39, 0.29) is 6.61 Å². The molecule has 0 radical (unpaired) electrons.